The summed E-state index contributed by atoms with van der Waals surface area (Å²) in [5.74, 6) is -0.904. The first-order valence-electron chi connectivity index (χ1n) is 15.8. The number of benzene rings is 1. The first-order valence-corrected chi connectivity index (χ1v) is 15.8. The third-order valence-electron chi connectivity index (χ3n) is 8.18. The van der Waals surface area contributed by atoms with E-state index < -0.39 is 5.97 Å². The van der Waals surface area contributed by atoms with Crippen LogP contribution in [0.25, 0.3) is 0 Å². The molecule has 0 saturated heterocycles. The summed E-state index contributed by atoms with van der Waals surface area (Å²) in [7, 11) is 0. The lowest BCUT2D eigenvalue weighted by Crippen LogP contribution is -2.27. The second kappa shape index (κ2) is 21.7. The Bertz CT molecular complexity index is 625. The molecule has 0 amide bonds. The third kappa shape index (κ3) is 17.2. The predicted molar refractivity (Wildman–Crippen MR) is 158 cm³/mol. The average Bonchev–Trinajstić information content (AvgIpc) is 2.87. The highest BCUT2D eigenvalue weighted by atomic mass is 16.4. The lowest BCUT2D eigenvalue weighted by atomic mass is 9.72. The molecule has 0 aliphatic rings. The molecule has 0 radical (unpaired) electrons. The summed E-state index contributed by atoms with van der Waals surface area (Å²) in [6.07, 6.45) is 28.1. The Morgan fingerprint density at radius 1 is 0.667 bits per heavy atom. The predicted octanol–water partition coefficient (Wildman–Crippen LogP) is 11.2. The van der Waals surface area contributed by atoms with Crippen molar-refractivity contribution in [2.24, 2.45) is 11.3 Å². The van der Waals surface area contributed by atoms with Gasteiger partial charge in [-0.1, -0.05) is 167 Å². The Kier molecular flexibility index (Phi) is 19.8. The van der Waals surface area contributed by atoms with E-state index in [1.807, 2.05) is 18.2 Å². The van der Waals surface area contributed by atoms with Crippen molar-refractivity contribution in [3.63, 3.8) is 0 Å². The molecule has 0 bridgehead atoms. The van der Waals surface area contributed by atoms with E-state index in [0.717, 1.165) is 12.0 Å². The minimum Gasteiger partial charge on any atom is -0.481 e. The number of carboxylic acids is 1. The van der Waals surface area contributed by atoms with E-state index in [4.69, 9.17) is 0 Å². The summed E-state index contributed by atoms with van der Waals surface area (Å²) in [6, 6.07) is 10.2. The normalized spacial score (nSPS) is 14.0. The minimum absolute atomic E-state index is 0.139. The molecule has 0 spiro atoms. The zero-order valence-electron chi connectivity index (χ0n) is 24.4. The molecule has 0 aliphatic heterocycles. The van der Waals surface area contributed by atoms with E-state index >= 15 is 0 Å². The van der Waals surface area contributed by atoms with E-state index in [-0.39, 0.29) is 11.3 Å². The SMILES string of the molecule is CCCCCCCCCCCCC(C)(CCCCCCCCCC)CC(Cc1ccccc1)C(=O)O. The van der Waals surface area contributed by atoms with Gasteiger partial charge in [0.05, 0.1) is 5.92 Å². The van der Waals surface area contributed by atoms with Gasteiger partial charge in [-0.15, -0.1) is 0 Å². The summed E-state index contributed by atoms with van der Waals surface area (Å²) in [5.41, 5.74) is 1.29. The maximum absolute atomic E-state index is 12.2. The van der Waals surface area contributed by atoms with Gasteiger partial charge in [0, 0.05) is 0 Å². The fourth-order valence-corrected chi connectivity index (χ4v) is 5.79. The molecule has 2 unspecified atom stereocenters. The van der Waals surface area contributed by atoms with Crippen LogP contribution in [-0.2, 0) is 11.2 Å². The Hall–Kier alpha value is -1.31. The molecule has 1 aromatic rings. The lowest BCUT2D eigenvalue weighted by molar-refractivity contribution is -0.143. The van der Waals surface area contributed by atoms with E-state index in [9.17, 15) is 9.90 Å². The van der Waals surface area contributed by atoms with E-state index in [0.29, 0.717) is 6.42 Å². The van der Waals surface area contributed by atoms with Crippen LogP contribution in [0.3, 0.4) is 0 Å². The molecule has 36 heavy (non-hydrogen) atoms. The summed E-state index contributed by atoms with van der Waals surface area (Å²) in [6.45, 7) is 6.95. The van der Waals surface area contributed by atoms with Gasteiger partial charge in [-0.05, 0) is 36.7 Å². The monoisotopic (exact) mass is 500 g/mol. The van der Waals surface area contributed by atoms with Crippen LogP contribution in [0.4, 0.5) is 0 Å². The lowest BCUT2D eigenvalue weighted by Gasteiger charge is -2.33. The Morgan fingerprint density at radius 2 is 1.06 bits per heavy atom. The smallest absolute Gasteiger partial charge is 0.306 e. The molecule has 208 valence electrons. The van der Waals surface area contributed by atoms with Crippen LogP contribution in [0, 0.1) is 11.3 Å². The van der Waals surface area contributed by atoms with Gasteiger partial charge in [-0.25, -0.2) is 0 Å². The number of unbranched alkanes of at least 4 members (excludes halogenated alkanes) is 16. The van der Waals surface area contributed by atoms with Gasteiger partial charge in [0.2, 0.25) is 0 Å². The van der Waals surface area contributed by atoms with Gasteiger partial charge >= 0.3 is 5.97 Å². The fraction of sp³-hybridized carbons (Fsp3) is 0.794. The number of carbonyl (C=O) groups is 1. The molecule has 2 heteroatoms. The van der Waals surface area contributed by atoms with Crippen molar-refractivity contribution in [2.45, 2.75) is 162 Å². The van der Waals surface area contributed by atoms with Gasteiger partial charge in [-0.3, -0.25) is 4.79 Å². The number of hydrogen-bond donors (Lipinski definition) is 1. The molecule has 1 aromatic carbocycles. The number of hydrogen-bond acceptors (Lipinski definition) is 1. The molecule has 2 nitrogen and oxygen atoms in total. The fourth-order valence-electron chi connectivity index (χ4n) is 5.79. The van der Waals surface area contributed by atoms with Gasteiger partial charge in [0.1, 0.15) is 0 Å². The van der Waals surface area contributed by atoms with Crippen LogP contribution in [0.1, 0.15) is 161 Å². The van der Waals surface area contributed by atoms with Crippen molar-refractivity contribution < 1.29 is 9.90 Å². The molecule has 0 aromatic heterocycles. The molecular weight excluding hydrogens is 440 g/mol. The second-order valence-electron chi connectivity index (χ2n) is 11.9. The Morgan fingerprint density at radius 3 is 1.44 bits per heavy atom. The van der Waals surface area contributed by atoms with Crippen molar-refractivity contribution in [3.05, 3.63) is 35.9 Å². The van der Waals surface area contributed by atoms with Gasteiger partial charge in [-0.2, -0.15) is 0 Å². The van der Waals surface area contributed by atoms with Gasteiger partial charge in [0.25, 0.3) is 0 Å². The second-order valence-corrected chi connectivity index (χ2v) is 11.9. The quantitative estimate of drug-likeness (QED) is 0.135. The van der Waals surface area contributed by atoms with E-state index in [1.54, 1.807) is 0 Å². The first kappa shape index (κ1) is 32.7. The summed E-state index contributed by atoms with van der Waals surface area (Å²) < 4.78 is 0. The molecule has 0 heterocycles. The molecule has 1 rings (SSSR count). The standard InChI is InChI=1S/C34H60O2/c1-4-6-8-10-12-14-15-17-19-24-28-34(3,27-23-18-16-13-11-9-7-5-2)30-32(33(35)36)29-31-25-21-20-22-26-31/h20-22,25-26,32H,4-19,23-24,27-30H2,1-3H3,(H,35,36). The van der Waals surface area contributed by atoms with Crippen LogP contribution in [0.15, 0.2) is 30.3 Å². The van der Waals surface area contributed by atoms with Crippen LogP contribution < -0.4 is 0 Å². The van der Waals surface area contributed by atoms with Crippen LogP contribution >= 0.6 is 0 Å². The molecule has 2 atom stereocenters. The van der Waals surface area contributed by atoms with Gasteiger partial charge in [0.15, 0.2) is 0 Å². The zero-order chi connectivity index (χ0) is 26.3. The first-order chi connectivity index (χ1) is 17.5. The van der Waals surface area contributed by atoms with Crippen LogP contribution in [0.5, 0.6) is 0 Å². The largest absolute Gasteiger partial charge is 0.481 e. The Labute approximate surface area is 225 Å². The number of rotatable bonds is 25. The number of aliphatic carboxylic acids is 1. The van der Waals surface area contributed by atoms with Crippen molar-refractivity contribution in [3.8, 4) is 0 Å². The van der Waals surface area contributed by atoms with Crippen molar-refractivity contribution >= 4 is 5.97 Å². The van der Waals surface area contributed by atoms with Crippen LogP contribution in [-0.4, -0.2) is 11.1 Å². The third-order valence-corrected chi connectivity index (χ3v) is 8.18. The minimum atomic E-state index is -0.621. The highest BCUT2D eigenvalue weighted by Crippen LogP contribution is 2.39. The summed E-state index contributed by atoms with van der Waals surface area (Å²) >= 11 is 0. The van der Waals surface area contributed by atoms with E-state index in [2.05, 4.69) is 32.9 Å². The maximum atomic E-state index is 12.2. The maximum Gasteiger partial charge on any atom is 0.306 e. The van der Waals surface area contributed by atoms with E-state index in [1.165, 1.54) is 128 Å². The van der Waals surface area contributed by atoms with Crippen molar-refractivity contribution in [2.75, 3.05) is 0 Å². The van der Waals surface area contributed by atoms with Crippen LogP contribution in [0.2, 0.25) is 0 Å². The highest BCUT2D eigenvalue weighted by molar-refractivity contribution is 5.70. The average molecular weight is 501 g/mol. The zero-order valence-corrected chi connectivity index (χ0v) is 24.4. The molecule has 0 fully saturated rings. The van der Waals surface area contributed by atoms with Crippen molar-refractivity contribution in [1.82, 2.24) is 0 Å². The Balaban J connectivity index is 2.50. The summed E-state index contributed by atoms with van der Waals surface area (Å²) in [4.78, 5) is 12.2. The van der Waals surface area contributed by atoms with Crippen molar-refractivity contribution in [1.29, 1.82) is 0 Å². The molecule has 0 saturated carbocycles. The molecule has 1 N–H and O–H groups in total. The molecule has 0 aliphatic carbocycles. The summed E-state index contributed by atoms with van der Waals surface area (Å²) in [5, 5.41) is 10.1. The van der Waals surface area contributed by atoms with Gasteiger partial charge < -0.3 is 5.11 Å². The number of carboxylic acid groups (broad SMARTS) is 1. The topological polar surface area (TPSA) is 37.3 Å². The molecular formula is C34H60O2. The highest BCUT2D eigenvalue weighted by Gasteiger charge is 2.31.